The second kappa shape index (κ2) is 60.3. The zero-order valence-corrected chi connectivity index (χ0v) is 53.8. The molecule has 0 heterocycles. The summed E-state index contributed by atoms with van der Waals surface area (Å²) < 4.78 is 23.4. The lowest BCUT2D eigenvalue weighted by Gasteiger charge is -2.29. The minimum atomic E-state index is -4.61. The fourth-order valence-electron chi connectivity index (χ4n) is 10.5. The van der Waals surface area contributed by atoms with Gasteiger partial charge in [-0.3, -0.25) is 9.36 Å². The van der Waals surface area contributed by atoms with Crippen molar-refractivity contribution in [1.82, 2.24) is 5.32 Å². The van der Waals surface area contributed by atoms with Gasteiger partial charge in [-0.1, -0.05) is 333 Å². The van der Waals surface area contributed by atoms with Gasteiger partial charge in [0.05, 0.1) is 39.9 Å². The van der Waals surface area contributed by atoms with Gasteiger partial charge in [-0.2, -0.15) is 0 Å². The highest BCUT2D eigenvalue weighted by Crippen LogP contribution is 2.38. The van der Waals surface area contributed by atoms with Crippen LogP contribution in [0.15, 0.2) is 36.5 Å². The molecule has 0 aromatic carbocycles. The third-order valence-corrected chi connectivity index (χ3v) is 16.8. The molecule has 8 nitrogen and oxygen atoms in total. The highest BCUT2D eigenvalue weighted by atomic mass is 31.2. The number of likely N-dealkylation sites (N-methyl/N-ethyl adjacent to an activating group) is 1. The molecular weight excluding hydrogens is 984 g/mol. The standard InChI is InChI=1S/C69H135N2O6P/c1-6-8-10-12-14-16-18-20-22-24-26-28-30-32-34-35-37-39-41-43-45-47-49-51-53-55-57-59-61-63-69(73)70-67(66-77-78(74,75)76-65-64-71(3,4)5)68(72)62-60-58-56-54-52-50-48-46-44-42-40-38-36-33-31-29-27-25-23-21-19-17-15-13-11-9-7-2/h44,46,52,54,60,62,67-68,72H,6-43,45,47-51,53,55-59,61,63-66H2,1-5H3,(H-,70,73,74,75)/b46-44+,54-52+,62-60+. The van der Waals surface area contributed by atoms with Gasteiger partial charge in [-0.25, -0.2) is 0 Å². The predicted octanol–water partition coefficient (Wildman–Crippen LogP) is 21.0. The normalized spacial score (nSPS) is 13.9. The lowest BCUT2D eigenvalue weighted by Crippen LogP contribution is -2.45. The monoisotopic (exact) mass is 1120 g/mol. The molecule has 3 unspecified atom stereocenters. The van der Waals surface area contributed by atoms with E-state index in [0.717, 1.165) is 44.9 Å². The molecule has 462 valence electrons. The number of rotatable bonds is 64. The second-order valence-electron chi connectivity index (χ2n) is 24.9. The summed E-state index contributed by atoms with van der Waals surface area (Å²) in [6.07, 6.45) is 79.9. The zero-order valence-electron chi connectivity index (χ0n) is 52.9. The van der Waals surface area contributed by atoms with E-state index in [1.165, 1.54) is 283 Å². The number of carbonyl (C=O) groups is 1. The number of hydrogen-bond acceptors (Lipinski definition) is 6. The van der Waals surface area contributed by atoms with Gasteiger partial charge >= 0.3 is 0 Å². The molecule has 3 atom stereocenters. The molecule has 0 rings (SSSR count). The van der Waals surface area contributed by atoms with E-state index >= 15 is 0 Å². The molecule has 0 radical (unpaired) electrons. The SMILES string of the molecule is CCCCCCCCCCCCCCCCCCC/C=C/CC/C=C/CC/C=C/C(O)C(COP(=O)([O-])OCC[N+](C)(C)C)NC(=O)CCCCCCCCCCCCCCCCCCCCCCCCCCCCCCC. The number of quaternary nitrogens is 1. The molecule has 0 aliphatic heterocycles. The van der Waals surface area contributed by atoms with Gasteiger partial charge in [0.25, 0.3) is 7.82 Å². The second-order valence-corrected chi connectivity index (χ2v) is 26.3. The molecule has 0 bridgehead atoms. The Balaban J connectivity index is 4.12. The Hall–Kier alpha value is -1.28. The summed E-state index contributed by atoms with van der Waals surface area (Å²) in [7, 11) is 1.25. The number of nitrogens with one attached hydrogen (secondary N) is 1. The van der Waals surface area contributed by atoms with E-state index in [9.17, 15) is 19.4 Å². The van der Waals surface area contributed by atoms with Crippen molar-refractivity contribution in [3.05, 3.63) is 36.5 Å². The summed E-state index contributed by atoms with van der Waals surface area (Å²) in [6.45, 7) is 4.68. The lowest BCUT2D eigenvalue weighted by atomic mass is 10.0. The van der Waals surface area contributed by atoms with Crippen LogP contribution in [0.3, 0.4) is 0 Å². The number of allylic oxidation sites excluding steroid dienone is 5. The number of amides is 1. The fraction of sp³-hybridized carbons (Fsp3) is 0.899. The van der Waals surface area contributed by atoms with Crippen molar-refractivity contribution >= 4 is 13.7 Å². The maximum Gasteiger partial charge on any atom is 0.268 e. The van der Waals surface area contributed by atoms with Crippen molar-refractivity contribution in [2.45, 2.75) is 360 Å². The summed E-state index contributed by atoms with van der Waals surface area (Å²) >= 11 is 0. The molecule has 1 amide bonds. The van der Waals surface area contributed by atoms with Crippen LogP contribution in [0.1, 0.15) is 348 Å². The Morgan fingerprint density at radius 3 is 1.04 bits per heavy atom. The zero-order chi connectivity index (χ0) is 57.0. The van der Waals surface area contributed by atoms with Gasteiger partial charge in [0.1, 0.15) is 13.2 Å². The van der Waals surface area contributed by atoms with Crippen LogP contribution in [-0.2, 0) is 18.4 Å². The van der Waals surface area contributed by atoms with Crippen molar-refractivity contribution < 1.29 is 32.9 Å². The van der Waals surface area contributed by atoms with Crippen LogP contribution < -0.4 is 10.2 Å². The number of carbonyl (C=O) groups excluding carboxylic acids is 1. The molecule has 2 N–H and O–H groups in total. The number of unbranched alkanes of at least 4 members (excludes halogenated alkanes) is 47. The molecule has 0 fully saturated rings. The summed E-state index contributed by atoms with van der Waals surface area (Å²) in [6, 6.07) is -0.909. The average Bonchev–Trinajstić information content (AvgIpc) is 3.41. The lowest BCUT2D eigenvalue weighted by molar-refractivity contribution is -0.870. The summed E-state index contributed by atoms with van der Waals surface area (Å²) in [5, 5.41) is 13.9. The maximum absolute atomic E-state index is 13.0. The van der Waals surface area contributed by atoms with Gasteiger partial charge in [0, 0.05) is 6.42 Å². The number of hydrogen-bond donors (Lipinski definition) is 2. The van der Waals surface area contributed by atoms with Gasteiger partial charge in [0.15, 0.2) is 0 Å². The van der Waals surface area contributed by atoms with Crippen LogP contribution in [0.2, 0.25) is 0 Å². The molecule has 0 aromatic rings. The maximum atomic E-state index is 13.0. The Morgan fingerprint density at radius 1 is 0.436 bits per heavy atom. The fourth-order valence-corrected chi connectivity index (χ4v) is 11.2. The van der Waals surface area contributed by atoms with E-state index in [4.69, 9.17) is 9.05 Å². The van der Waals surface area contributed by atoms with Crippen molar-refractivity contribution in [1.29, 1.82) is 0 Å². The highest BCUT2D eigenvalue weighted by molar-refractivity contribution is 7.45. The van der Waals surface area contributed by atoms with E-state index in [2.05, 4.69) is 43.5 Å². The van der Waals surface area contributed by atoms with E-state index in [-0.39, 0.29) is 12.5 Å². The number of nitrogens with zero attached hydrogens (tertiary/aromatic N) is 1. The van der Waals surface area contributed by atoms with Crippen LogP contribution in [0.4, 0.5) is 0 Å². The molecular formula is C69H135N2O6P. The first-order valence-corrected chi connectivity index (χ1v) is 35.8. The topological polar surface area (TPSA) is 108 Å². The van der Waals surface area contributed by atoms with Gasteiger partial charge in [0.2, 0.25) is 5.91 Å². The Kier molecular flexibility index (Phi) is 59.3. The van der Waals surface area contributed by atoms with E-state index in [0.29, 0.717) is 17.4 Å². The molecule has 0 aromatic heterocycles. The van der Waals surface area contributed by atoms with E-state index in [1.807, 2.05) is 27.2 Å². The van der Waals surface area contributed by atoms with E-state index < -0.39 is 26.6 Å². The molecule has 0 aliphatic rings. The first kappa shape index (κ1) is 76.7. The van der Waals surface area contributed by atoms with Crippen molar-refractivity contribution in [2.24, 2.45) is 0 Å². The van der Waals surface area contributed by atoms with Crippen LogP contribution in [0.25, 0.3) is 0 Å². The van der Waals surface area contributed by atoms with Crippen molar-refractivity contribution in [3.63, 3.8) is 0 Å². The van der Waals surface area contributed by atoms with Crippen LogP contribution in [0, 0.1) is 0 Å². The molecule has 0 saturated heterocycles. The number of aliphatic hydroxyl groups excluding tert-OH is 1. The summed E-state index contributed by atoms with van der Waals surface area (Å²) in [5.74, 6) is -0.204. The number of phosphoric ester groups is 1. The Morgan fingerprint density at radius 2 is 0.718 bits per heavy atom. The van der Waals surface area contributed by atoms with Crippen molar-refractivity contribution in [3.8, 4) is 0 Å². The van der Waals surface area contributed by atoms with E-state index in [1.54, 1.807) is 6.08 Å². The van der Waals surface area contributed by atoms with Crippen LogP contribution in [-0.4, -0.2) is 68.5 Å². The summed E-state index contributed by atoms with van der Waals surface area (Å²) in [4.78, 5) is 25.6. The van der Waals surface area contributed by atoms with Gasteiger partial charge in [-0.15, -0.1) is 0 Å². The molecule has 0 saturated carbocycles. The minimum absolute atomic E-state index is 0.00710. The predicted molar refractivity (Wildman–Crippen MR) is 339 cm³/mol. The first-order chi connectivity index (χ1) is 38.0. The van der Waals surface area contributed by atoms with Crippen LogP contribution >= 0.6 is 7.82 Å². The minimum Gasteiger partial charge on any atom is -0.756 e. The summed E-state index contributed by atoms with van der Waals surface area (Å²) in [5.41, 5.74) is 0. The molecule has 9 heteroatoms. The average molecular weight is 1120 g/mol. The first-order valence-electron chi connectivity index (χ1n) is 34.4. The largest absolute Gasteiger partial charge is 0.756 e. The molecule has 78 heavy (non-hydrogen) atoms. The third-order valence-electron chi connectivity index (χ3n) is 15.8. The Labute approximate surface area is 487 Å². The van der Waals surface area contributed by atoms with Gasteiger partial charge in [-0.05, 0) is 44.9 Å². The number of aliphatic hydroxyl groups is 1. The Bertz CT molecular complexity index is 1360. The smallest absolute Gasteiger partial charge is 0.268 e. The quantitative estimate of drug-likeness (QED) is 0.0272. The number of phosphoric acid groups is 1. The molecule has 0 spiro atoms. The van der Waals surface area contributed by atoms with Crippen molar-refractivity contribution in [2.75, 3.05) is 40.9 Å². The van der Waals surface area contributed by atoms with Gasteiger partial charge < -0.3 is 28.8 Å². The highest BCUT2D eigenvalue weighted by Gasteiger charge is 2.23. The van der Waals surface area contributed by atoms with Crippen LogP contribution in [0.5, 0.6) is 0 Å². The third kappa shape index (κ3) is 62.3. The molecule has 0 aliphatic carbocycles.